The number of fused-ring (bicyclic) bond motifs is 1. The maximum atomic E-state index is 13.3. The Hall–Kier alpha value is -2.19. The molecular formula is C15H19FN4O3. The summed E-state index contributed by atoms with van der Waals surface area (Å²) in [5.41, 5.74) is 6.18. The molecule has 1 aliphatic heterocycles. The summed E-state index contributed by atoms with van der Waals surface area (Å²) in [7, 11) is 2.01. The zero-order chi connectivity index (χ0) is 16.4. The predicted octanol–water partition coefficient (Wildman–Crippen LogP) is 0.589. The second-order valence-corrected chi connectivity index (χ2v) is 5.71. The van der Waals surface area contributed by atoms with Crippen LogP contribution in [0.15, 0.2) is 22.6 Å². The summed E-state index contributed by atoms with van der Waals surface area (Å²) in [5, 5.41) is 0. The molecule has 23 heavy (non-hydrogen) atoms. The minimum atomic E-state index is -0.498. The lowest BCUT2D eigenvalue weighted by Gasteiger charge is -2.32. The lowest BCUT2D eigenvalue weighted by Crippen LogP contribution is -2.47. The molecule has 2 heterocycles. The van der Waals surface area contributed by atoms with Gasteiger partial charge in [0.25, 0.3) is 6.01 Å². The van der Waals surface area contributed by atoms with E-state index >= 15 is 0 Å². The van der Waals surface area contributed by atoms with E-state index in [1.165, 1.54) is 18.2 Å². The van der Waals surface area contributed by atoms with Gasteiger partial charge in [-0.2, -0.15) is 4.98 Å². The fourth-order valence-corrected chi connectivity index (χ4v) is 2.65. The van der Waals surface area contributed by atoms with E-state index in [2.05, 4.69) is 9.88 Å². The van der Waals surface area contributed by atoms with Crippen molar-refractivity contribution in [3.05, 3.63) is 24.0 Å². The first kappa shape index (κ1) is 15.7. The molecule has 1 saturated heterocycles. The summed E-state index contributed by atoms with van der Waals surface area (Å²) in [6, 6.07) is 4.33. The highest BCUT2D eigenvalue weighted by Crippen LogP contribution is 2.23. The van der Waals surface area contributed by atoms with Crippen molar-refractivity contribution in [3.8, 4) is 0 Å². The summed E-state index contributed by atoms with van der Waals surface area (Å²) in [4.78, 5) is 19.4. The SMILES string of the molecule is CN1CCO[C@@H](CN(CC(N)=O)c2nc3cc(F)ccc3o2)C1. The number of anilines is 1. The molecule has 2 N–H and O–H groups in total. The number of rotatable bonds is 5. The van der Waals surface area contributed by atoms with Gasteiger partial charge >= 0.3 is 0 Å². The van der Waals surface area contributed by atoms with Gasteiger partial charge in [0.2, 0.25) is 5.91 Å². The van der Waals surface area contributed by atoms with E-state index in [4.69, 9.17) is 14.9 Å². The van der Waals surface area contributed by atoms with Crippen LogP contribution in [0.25, 0.3) is 11.1 Å². The van der Waals surface area contributed by atoms with Crippen molar-refractivity contribution in [2.24, 2.45) is 5.73 Å². The molecule has 124 valence electrons. The van der Waals surface area contributed by atoms with Crippen LogP contribution in [0, 0.1) is 5.82 Å². The van der Waals surface area contributed by atoms with Crippen LogP contribution in [0.4, 0.5) is 10.4 Å². The van der Waals surface area contributed by atoms with Crippen molar-refractivity contribution in [2.75, 3.05) is 44.7 Å². The Morgan fingerprint density at radius 3 is 3.13 bits per heavy atom. The summed E-state index contributed by atoms with van der Waals surface area (Å²) in [6.45, 7) is 2.62. The highest BCUT2D eigenvalue weighted by Gasteiger charge is 2.24. The molecule has 1 amide bonds. The van der Waals surface area contributed by atoms with Crippen LogP contribution in [0.1, 0.15) is 0 Å². The van der Waals surface area contributed by atoms with Crippen molar-refractivity contribution in [3.63, 3.8) is 0 Å². The molecule has 7 nitrogen and oxygen atoms in total. The molecule has 1 aromatic carbocycles. The lowest BCUT2D eigenvalue weighted by atomic mass is 10.2. The number of nitrogens with two attached hydrogens (primary N) is 1. The van der Waals surface area contributed by atoms with Gasteiger partial charge in [0.1, 0.15) is 17.9 Å². The number of morpholine rings is 1. The van der Waals surface area contributed by atoms with Gasteiger partial charge in [-0.15, -0.1) is 0 Å². The predicted molar refractivity (Wildman–Crippen MR) is 82.6 cm³/mol. The molecule has 3 rings (SSSR count). The molecule has 1 atom stereocenters. The zero-order valence-electron chi connectivity index (χ0n) is 12.9. The number of oxazole rings is 1. The number of aromatic nitrogens is 1. The average molecular weight is 322 g/mol. The van der Waals surface area contributed by atoms with E-state index in [1.807, 2.05) is 7.05 Å². The number of likely N-dealkylation sites (N-methyl/N-ethyl adjacent to an activating group) is 1. The largest absolute Gasteiger partial charge is 0.423 e. The minimum Gasteiger partial charge on any atom is -0.423 e. The van der Waals surface area contributed by atoms with Crippen molar-refractivity contribution in [1.82, 2.24) is 9.88 Å². The van der Waals surface area contributed by atoms with Crippen LogP contribution >= 0.6 is 0 Å². The Balaban J connectivity index is 1.83. The number of primary amides is 1. The van der Waals surface area contributed by atoms with Gasteiger partial charge in [-0.25, -0.2) is 4.39 Å². The number of carbonyl (C=O) groups is 1. The summed E-state index contributed by atoms with van der Waals surface area (Å²) >= 11 is 0. The lowest BCUT2D eigenvalue weighted by molar-refractivity contribution is -0.116. The van der Waals surface area contributed by atoms with Crippen molar-refractivity contribution in [2.45, 2.75) is 6.10 Å². The van der Waals surface area contributed by atoms with Gasteiger partial charge in [0, 0.05) is 19.2 Å². The Bertz CT molecular complexity index is 705. The van der Waals surface area contributed by atoms with E-state index in [0.29, 0.717) is 24.3 Å². The minimum absolute atomic E-state index is 0.0428. The van der Waals surface area contributed by atoms with Crippen molar-refractivity contribution < 1.29 is 18.3 Å². The third-order valence-electron chi connectivity index (χ3n) is 3.72. The third-order valence-corrected chi connectivity index (χ3v) is 3.72. The second-order valence-electron chi connectivity index (χ2n) is 5.71. The number of ether oxygens (including phenoxy) is 1. The quantitative estimate of drug-likeness (QED) is 0.867. The average Bonchev–Trinajstić information content (AvgIpc) is 2.89. The molecule has 0 bridgehead atoms. The normalized spacial score (nSPS) is 19.1. The first-order valence-electron chi connectivity index (χ1n) is 7.41. The van der Waals surface area contributed by atoms with E-state index in [-0.39, 0.29) is 18.7 Å². The topological polar surface area (TPSA) is 84.8 Å². The number of hydrogen-bond acceptors (Lipinski definition) is 6. The molecule has 0 spiro atoms. The fourth-order valence-electron chi connectivity index (χ4n) is 2.65. The maximum absolute atomic E-state index is 13.3. The molecule has 1 fully saturated rings. The number of hydrogen-bond donors (Lipinski definition) is 1. The second kappa shape index (κ2) is 6.51. The van der Waals surface area contributed by atoms with Crippen LogP contribution in [-0.2, 0) is 9.53 Å². The van der Waals surface area contributed by atoms with Crippen molar-refractivity contribution in [1.29, 1.82) is 0 Å². The molecule has 0 unspecified atom stereocenters. The zero-order valence-corrected chi connectivity index (χ0v) is 12.9. The Morgan fingerprint density at radius 1 is 1.57 bits per heavy atom. The van der Waals surface area contributed by atoms with Gasteiger partial charge < -0.3 is 24.7 Å². The van der Waals surface area contributed by atoms with Crippen molar-refractivity contribution >= 4 is 23.0 Å². The van der Waals surface area contributed by atoms with Crippen LogP contribution in [0.5, 0.6) is 0 Å². The number of amides is 1. The molecule has 0 radical (unpaired) electrons. The number of carbonyl (C=O) groups excluding carboxylic acids is 1. The fraction of sp³-hybridized carbons (Fsp3) is 0.467. The van der Waals surface area contributed by atoms with E-state index in [0.717, 1.165) is 13.1 Å². The first-order chi connectivity index (χ1) is 11.0. The number of benzene rings is 1. The van der Waals surface area contributed by atoms with Gasteiger partial charge in [0.05, 0.1) is 19.3 Å². The summed E-state index contributed by atoms with van der Waals surface area (Å²) < 4.78 is 24.6. The molecule has 2 aromatic rings. The molecule has 1 aliphatic rings. The Labute approximate surface area is 132 Å². The highest BCUT2D eigenvalue weighted by molar-refractivity contribution is 5.80. The van der Waals surface area contributed by atoms with Crippen LogP contribution < -0.4 is 10.6 Å². The molecule has 1 aromatic heterocycles. The first-order valence-corrected chi connectivity index (χ1v) is 7.41. The van der Waals surface area contributed by atoms with Crippen LogP contribution in [0.3, 0.4) is 0 Å². The standard InChI is InChI=1S/C15H19FN4O3/c1-19-4-5-22-11(7-19)8-20(9-14(17)21)15-18-12-6-10(16)2-3-13(12)23-15/h2-3,6,11H,4-5,7-9H2,1H3,(H2,17,21)/t11-/m1/s1. The number of nitrogens with zero attached hydrogens (tertiary/aromatic N) is 3. The Morgan fingerprint density at radius 2 is 2.39 bits per heavy atom. The summed E-state index contributed by atoms with van der Waals surface area (Å²) in [5.74, 6) is -0.890. The van der Waals surface area contributed by atoms with Crippen LogP contribution in [-0.4, -0.2) is 61.7 Å². The van der Waals surface area contributed by atoms with Gasteiger partial charge in [-0.05, 0) is 19.2 Å². The van der Waals surface area contributed by atoms with Gasteiger partial charge in [0.15, 0.2) is 5.58 Å². The number of halogens is 1. The van der Waals surface area contributed by atoms with Gasteiger partial charge in [-0.3, -0.25) is 4.79 Å². The molecule has 0 saturated carbocycles. The van der Waals surface area contributed by atoms with E-state index in [9.17, 15) is 9.18 Å². The highest BCUT2D eigenvalue weighted by atomic mass is 19.1. The summed E-state index contributed by atoms with van der Waals surface area (Å²) in [6.07, 6.45) is -0.0835. The van der Waals surface area contributed by atoms with E-state index in [1.54, 1.807) is 4.90 Å². The maximum Gasteiger partial charge on any atom is 0.298 e. The monoisotopic (exact) mass is 322 g/mol. The third kappa shape index (κ3) is 3.77. The molecule has 8 heteroatoms. The smallest absolute Gasteiger partial charge is 0.298 e. The molecular weight excluding hydrogens is 303 g/mol. The molecule has 0 aliphatic carbocycles. The van der Waals surface area contributed by atoms with Gasteiger partial charge in [-0.1, -0.05) is 0 Å². The Kier molecular flexibility index (Phi) is 4.44. The van der Waals surface area contributed by atoms with E-state index < -0.39 is 11.7 Å². The van der Waals surface area contributed by atoms with Crippen LogP contribution in [0.2, 0.25) is 0 Å².